The van der Waals surface area contributed by atoms with E-state index in [1.165, 1.54) is 6.92 Å². The van der Waals surface area contributed by atoms with Gasteiger partial charge >= 0.3 is 5.97 Å². The molecule has 0 aliphatic heterocycles. The minimum atomic E-state index is -0.370. The van der Waals surface area contributed by atoms with Crippen LogP contribution in [0, 0.1) is 0 Å². The molecule has 2 rings (SSSR count). The van der Waals surface area contributed by atoms with E-state index in [-0.39, 0.29) is 25.0 Å². The highest BCUT2D eigenvalue weighted by Crippen LogP contribution is 2.16. The van der Waals surface area contributed by atoms with Gasteiger partial charge in [0.1, 0.15) is 6.61 Å². The molecule has 1 heterocycles. The van der Waals surface area contributed by atoms with Crippen molar-refractivity contribution in [3.63, 3.8) is 0 Å². The molecule has 1 amide bonds. The van der Waals surface area contributed by atoms with Crippen molar-refractivity contribution < 1.29 is 14.3 Å². The standard InChI is InChI=1S/C14H15N3O3/c1-10(18)20-8-7-15-14(19)13-9-12(16-17-13)11-5-3-2-4-6-11/h2-6,9H,7-8H2,1H3,(H,15,19)(H,16,17). The molecule has 0 aliphatic carbocycles. The summed E-state index contributed by atoms with van der Waals surface area (Å²) in [5.41, 5.74) is 2.03. The van der Waals surface area contributed by atoms with Crippen LogP contribution >= 0.6 is 0 Å². The molecule has 0 spiro atoms. The number of aromatic amines is 1. The molecule has 2 aromatic rings. The van der Waals surface area contributed by atoms with Gasteiger partial charge in [-0.25, -0.2) is 0 Å². The fraction of sp³-hybridized carbons (Fsp3) is 0.214. The number of amides is 1. The van der Waals surface area contributed by atoms with Crippen LogP contribution in [0.25, 0.3) is 11.3 Å². The van der Waals surface area contributed by atoms with E-state index >= 15 is 0 Å². The number of ether oxygens (including phenoxy) is 1. The molecule has 0 saturated heterocycles. The van der Waals surface area contributed by atoms with Gasteiger partial charge in [0, 0.05) is 6.92 Å². The highest BCUT2D eigenvalue weighted by atomic mass is 16.5. The smallest absolute Gasteiger partial charge is 0.302 e. The summed E-state index contributed by atoms with van der Waals surface area (Å²) in [6.07, 6.45) is 0. The monoisotopic (exact) mass is 273 g/mol. The number of esters is 1. The van der Waals surface area contributed by atoms with Crippen LogP contribution in [0.5, 0.6) is 0 Å². The van der Waals surface area contributed by atoms with E-state index in [0.29, 0.717) is 5.69 Å². The number of nitrogens with zero attached hydrogens (tertiary/aromatic N) is 1. The van der Waals surface area contributed by atoms with Gasteiger partial charge in [0.15, 0.2) is 5.69 Å². The molecule has 0 saturated carbocycles. The zero-order chi connectivity index (χ0) is 14.4. The molecule has 1 aromatic heterocycles. The Morgan fingerprint density at radius 3 is 2.75 bits per heavy atom. The summed E-state index contributed by atoms with van der Waals surface area (Å²) in [5, 5.41) is 9.40. The van der Waals surface area contributed by atoms with Crippen molar-refractivity contribution in [2.45, 2.75) is 6.92 Å². The van der Waals surface area contributed by atoms with Gasteiger partial charge in [-0.15, -0.1) is 0 Å². The number of hydrogen-bond donors (Lipinski definition) is 2. The summed E-state index contributed by atoms with van der Waals surface area (Å²) < 4.78 is 4.72. The topological polar surface area (TPSA) is 84.1 Å². The fourth-order valence-electron chi connectivity index (χ4n) is 1.65. The third-order valence-electron chi connectivity index (χ3n) is 2.59. The Kier molecular flexibility index (Phi) is 4.49. The highest BCUT2D eigenvalue weighted by molar-refractivity contribution is 5.93. The summed E-state index contributed by atoms with van der Waals surface area (Å²) in [4.78, 5) is 22.4. The van der Waals surface area contributed by atoms with Crippen molar-refractivity contribution in [2.24, 2.45) is 0 Å². The van der Waals surface area contributed by atoms with E-state index in [1.54, 1.807) is 6.07 Å². The van der Waals surface area contributed by atoms with Crippen LogP contribution in [0.4, 0.5) is 0 Å². The molecule has 6 heteroatoms. The normalized spacial score (nSPS) is 10.1. The van der Waals surface area contributed by atoms with Gasteiger partial charge in [0.25, 0.3) is 5.91 Å². The minimum absolute atomic E-state index is 0.150. The first-order valence-electron chi connectivity index (χ1n) is 6.19. The summed E-state index contributed by atoms with van der Waals surface area (Å²) in [5.74, 6) is -0.680. The summed E-state index contributed by atoms with van der Waals surface area (Å²) in [6.45, 7) is 1.73. The number of carbonyl (C=O) groups is 2. The van der Waals surface area contributed by atoms with Crippen molar-refractivity contribution in [3.05, 3.63) is 42.1 Å². The second-order valence-corrected chi connectivity index (χ2v) is 4.13. The van der Waals surface area contributed by atoms with Gasteiger partial charge in [-0.2, -0.15) is 5.10 Å². The maximum absolute atomic E-state index is 11.8. The predicted octanol–water partition coefficient (Wildman–Crippen LogP) is 1.37. The number of rotatable bonds is 5. The number of H-pyrrole nitrogens is 1. The van der Waals surface area contributed by atoms with Crippen LogP contribution in [0.1, 0.15) is 17.4 Å². The molecular formula is C14H15N3O3. The predicted molar refractivity (Wildman–Crippen MR) is 73.0 cm³/mol. The molecule has 20 heavy (non-hydrogen) atoms. The first kappa shape index (κ1) is 13.8. The summed E-state index contributed by atoms with van der Waals surface area (Å²) >= 11 is 0. The lowest BCUT2D eigenvalue weighted by atomic mass is 10.1. The van der Waals surface area contributed by atoms with E-state index < -0.39 is 0 Å². The Labute approximate surface area is 116 Å². The van der Waals surface area contributed by atoms with E-state index in [2.05, 4.69) is 15.5 Å². The first-order valence-corrected chi connectivity index (χ1v) is 6.19. The second-order valence-electron chi connectivity index (χ2n) is 4.13. The zero-order valence-corrected chi connectivity index (χ0v) is 11.1. The zero-order valence-electron chi connectivity index (χ0n) is 11.1. The summed E-state index contributed by atoms with van der Waals surface area (Å²) in [7, 11) is 0. The fourth-order valence-corrected chi connectivity index (χ4v) is 1.65. The molecular weight excluding hydrogens is 258 g/mol. The van der Waals surface area contributed by atoms with Crippen LogP contribution < -0.4 is 5.32 Å². The van der Waals surface area contributed by atoms with Gasteiger partial charge in [-0.05, 0) is 11.6 Å². The molecule has 104 valence electrons. The molecule has 1 aromatic carbocycles. The van der Waals surface area contributed by atoms with Crippen LogP contribution in [0.2, 0.25) is 0 Å². The van der Waals surface area contributed by atoms with Crippen LogP contribution in [0.15, 0.2) is 36.4 Å². The second kappa shape index (κ2) is 6.51. The van der Waals surface area contributed by atoms with Crippen molar-refractivity contribution in [1.82, 2.24) is 15.5 Å². The molecule has 6 nitrogen and oxygen atoms in total. The number of hydrogen-bond acceptors (Lipinski definition) is 4. The average Bonchev–Trinajstić information content (AvgIpc) is 2.94. The van der Waals surface area contributed by atoms with E-state index in [4.69, 9.17) is 4.74 Å². The third-order valence-corrected chi connectivity index (χ3v) is 2.59. The lowest BCUT2D eigenvalue weighted by molar-refractivity contribution is -0.140. The van der Waals surface area contributed by atoms with Gasteiger partial charge < -0.3 is 10.1 Å². The number of benzene rings is 1. The molecule has 0 atom stereocenters. The Hall–Kier alpha value is -2.63. The maximum atomic E-state index is 11.8. The third kappa shape index (κ3) is 3.68. The van der Waals surface area contributed by atoms with Crippen LogP contribution in [-0.2, 0) is 9.53 Å². The van der Waals surface area contributed by atoms with Crippen LogP contribution in [0.3, 0.4) is 0 Å². The Balaban J connectivity index is 1.92. The largest absolute Gasteiger partial charge is 0.464 e. The highest BCUT2D eigenvalue weighted by Gasteiger charge is 2.10. The van der Waals surface area contributed by atoms with E-state index in [1.807, 2.05) is 30.3 Å². The molecule has 0 radical (unpaired) electrons. The number of carbonyl (C=O) groups excluding carboxylic acids is 2. The van der Waals surface area contributed by atoms with Crippen molar-refractivity contribution in [1.29, 1.82) is 0 Å². The number of nitrogens with one attached hydrogen (secondary N) is 2. The van der Waals surface area contributed by atoms with Gasteiger partial charge in [-0.3, -0.25) is 14.7 Å². The van der Waals surface area contributed by atoms with Crippen molar-refractivity contribution >= 4 is 11.9 Å². The molecule has 0 aliphatic rings. The molecule has 0 bridgehead atoms. The van der Waals surface area contributed by atoms with Crippen molar-refractivity contribution in [2.75, 3.05) is 13.2 Å². The lowest BCUT2D eigenvalue weighted by Gasteiger charge is -2.02. The SMILES string of the molecule is CC(=O)OCCNC(=O)c1cc(-c2ccccc2)[nH]n1. The minimum Gasteiger partial charge on any atom is -0.464 e. The van der Waals surface area contributed by atoms with Crippen LogP contribution in [-0.4, -0.2) is 35.2 Å². The quantitative estimate of drug-likeness (QED) is 0.636. The lowest BCUT2D eigenvalue weighted by Crippen LogP contribution is -2.28. The average molecular weight is 273 g/mol. The van der Waals surface area contributed by atoms with Gasteiger partial charge in [0.2, 0.25) is 0 Å². The van der Waals surface area contributed by atoms with E-state index in [9.17, 15) is 9.59 Å². The van der Waals surface area contributed by atoms with Gasteiger partial charge in [-0.1, -0.05) is 30.3 Å². The van der Waals surface area contributed by atoms with Crippen molar-refractivity contribution in [3.8, 4) is 11.3 Å². The number of aromatic nitrogens is 2. The van der Waals surface area contributed by atoms with E-state index in [0.717, 1.165) is 11.3 Å². The molecule has 0 fully saturated rings. The Bertz CT molecular complexity index is 593. The maximum Gasteiger partial charge on any atom is 0.302 e. The Morgan fingerprint density at radius 2 is 2.05 bits per heavy atom. The summed E-state index contributed by atoms with van der Waals surface area (Å²) in [6, 6.07) is 11.3. The molecule has 0 unspecified atom stereocenters. The Morgan fingerprint density at radius 1 is 1.30 bits per heavy atom. The molecule has 2 N–H and O–H groups in total. The van der Waals surface area contributed by atoms with Gasteiger partial charge in [0.05, 0.1) is 12.2 Å². The first-order chi connectivity index (χ1) is 9.66.